The van der Waals surface area contributed by atoms with Gasteiger partial charge in [0.05, 0.1) is 24.0 Å². The van der Waals surface area contributed by atoms with E-state index in [0.717, 1.165) is 41.6 Å². The first kappa shape index (κ1) is 36.1. The molecule has 2 saturated carbocycles. The Labute approximate surface area is 308 Å². The molecule has 52 heavy (non-hydrogen) atoms. The van der Waals surface area contributed by atoms with Crippen LogP contribution < -0.4 is 15.4 Å². The van der Waals surface area contributed by atoms with Gasteiger partial charge in [-0.25, -0.2) is 18.2 Å². The number of hydrogen-bond donors (Lipinski definition) is 3. The number of nitrogens with one attached hydrogen (secondary N) is 3. The van der Waals surface area contributed by atoms with Crippen molar-refractivity contribution in [1.29, 1.82) is 0 Å². The van der Waals surface area contributed by atoms with Crippen molar-refractivity contribution < 1.29 is 32.3 Å². The summed E-state index contributed by atoms with van der Waals surface area (Å²) in [4.78, 5) is 63.8. The van der Waals surface area contributed by atoms with Crippen molar-refractivity contribution in [3.05, 3.63) is 64.7 Å². The Balaban J connectivity index is 1.18. The van der Waals surface area contributed by atoms with Crippen LogP contribution >= 0.6 is 11.3 Å². The summed E-state index contributed by atoms with van der Waals surface area (Å²) in [6.07, 6.45) is 8.01. The number of amides is 4. The van der Waals surface area contributed by atoms with Gasteiger partial charge in [0.15, 0.2) is 5.13 Å². The number of benzene rings is 1. The van der Waals surface area contributed by atoms with Crippen LogP contribution in [0.3, 0.4) is 0 Å². The highest BCUT2D eigenvalue weighted by Gasteiger charge is 2.62. The molecule has 13 nitrogen and oxygen atoms in total. The number of carbonyl (C=O) groups excluding carboxylic acids is 4. The molecule has 3 aliphatic heterocycles. The number of sulfonamides is 1. The van der Waals surface area contributed by atoms with E-state index in [1.54, 1.807) is 4.90 Å². The van der Waals surface area contributed by atoms with Gasteiger partial charge in [-0.3, -0.25) is 24.0 Å². The summed E-state index contributed by atoms with van der Waals surface area (Å²) in [5, 5.41) is 8.09. The fourth-order valence-electron chi connectivity index (χ4n) is 7.38. The van der Waals surface area contributed by atoms with Crippen molar-refractivity contribution >= 4 is 56.4 Å². The standard InChI is InChI=1S/C37H46N6O7S2/c1-5-24-17-37(24,33(46)41-52(48,49)27-14-15-27)40-31(44)29-16-26-19-43(29)32(45)30(36(2,3)4)39-34-38-25(21-51-34)13-8-6-7-10-22-11-9-12-23-18-42(20-28(22)23)35(47)50-26/h5,7,9-12,21,24,26-27,29-30H,1,6,8,13-20H2,2-4H3,(H,38,39)(H,40,44)(H,41,46)/b10-7-/t24-,26-,29+,30-,37-/m1/s1. The molecule has 1 saturated heterocycles. The monoisotopic (exact) mass is 750 g/mol. The number of fused-ring (bicyclic) bond motifs is 5. The number of rotatable bonds is 6. The highest BCUT2D eigenvalue weighted by molar-refractivity contribution is 7.91. The Morgan fingerprint density at radius 2 is 1.98 bits per heavy atom. The number of aromatic nitrogens is 1. The molecule has 6 bridgehead atoms. The van der Waals surface area contributed by atoms with Gasteiger partial charge in [-0.15, -0.1) is 17.9 Å². The van der Waals surface area contributed by atoms with Gasteiger partial charge >= 0.3 is 6.09 Å². The van der Waals surface area contributed by atoms with E-state index in [1.165, 1.54) is 22.3 Å². The zero-order valence-corrected chi connectivity index (χ0v) is 31.4. The minimum atomic E-state index is -3.88. The van der Waals surface area contributed by atoms with Gasteiger partial charge in [0.2, 0.25) is 21.8 Å². The van der Waals surface area contributed by atoms with Crippen LogP contribution in [0.2, 0.25) is 0 Å². The molecule has 1 aromatic heterocycles. The fourth-order valence-corrected chi connectivity index (χ4v) is 9.52. The Morgan fingerprint density at radius 3 is 2.69 bits per heavy atom. The SMILES string of the molecule is C=C[C@@H]1C[C@]1(NC(=O)[C@@H]1C[C@@H]2CN1C(=O)[C@H](C(C)(C)C)Nc1nc(cs1)CCC/C=C\c1cccc3c1CN(C3)C(=O)O2)C(=O)NS(=O)(=O)C1CC1. The maximum atomic E-state index is 14.6. The highest BCUT2D eigenvalue weighted by Crippen LogP contribution is 2.45. The average Bonchev–Trinajstić information content (AvgIpc) is 3.90. The highest BCUT2D eigenvalue weighted by atomic mass is 32.2. The van der Waals surface area contributed by atoms with Crippen LogP contribution in [0.25, 0.3) is 6.08 Å². The number of ether oxygens (including phenoxy) is 1. The molecule has 4 amide bonds. The van der Waals surface area contributed by atoms with Crippen molar-refractivity contribution in [2.75, 3.05) is 11.9 Å². The number of hydrogen-bond acceptors (Lipinski definition) is 10. The van der Waals surface area contributed by atoms with E-state index < -0.39 is 68.2 Å². The Hall–Kier alpha value is -4.24. The number of aryl methyl sites for hydroxylation is 1. The van der Waals surface area contributed by atoms with Crippen molar-refractivity contribution in [2.24, 2.45) is 11.3 Å². The molecule has 15 heteroatoms. The van der Waals surface area contributed by atoms with Crippen LogP contribution in [-0.2, 0) is 48.7 Å². The van der Waals surface area contributed by atoms with Gasteiger partial charge in [0.25, 0.3) is 5.91 Å². The third-order valence-corrected chi connectivity index (χ3v) is 13.3. The molecule has 3 fully saturated rings. The van der Waals surface area contributed by atoms with Gasteiger partial charge in [-0.1, -0.05) is 57.2 Å². The van der Waals surface area contributed by atoms with E-state index >= 15 is 0 Å². The van der Waals surface area contributed by atoms with Gasteiger partial charge in [-0.05, 0) is 60.6 Å². The smallest absolute Gasteiger partial charge is 0.410 e. The van der Waals surface area contributed by atoms with Gasteiger partial charge < -0.3 is 20.3 Å². The van der Waals surface area contributed by atoms with Crippen LogP contribution in [0.5, 0.6) is 0 Å². The average molecular weight is 751 g/mol. The third kappa shape index (κ3) is 7.21. The minimum absolute atomic E-state index is 0.00677. The predicted molar refractivity (Wildman–Crippen MR) is 196 cm³/mol. The lowest BCUT2D eigenvalue weighted by Gasteiger charge is -2.35. The lowest BCUT2D eigenvalue weighted by atomic mass is 9.85. The Bertz CT molecular complexity index is 1930. The second kappa shape index (κ2) is 13.6. The van der Waals surface area contributed by atoms with Crippen LogP contribution in [0, 0.1) is 11.3 Å². The minimum Gasteiger partial charge on any atom is -0.444 e. The van der Waals surface area contributed by atoms with Gasteiger partial charge in [0.1, 0.15) is 23.7 Å². The number of allylic oxidation sites excluding steroid dienone is 1. The molecule has 4 heterocycles. The molecule has 1 aromatic carbocycles. The quantitative estimate of drug-likeness (QED) is 0.369. The van der Waals surface area contributed by atoms with Gasteiger partial charge in [0, 0.05) is 24.3 Å². The van der Waals surface area contributed by atoms with Crippen LogP contribution in [0.4, 0.5) is 9.93 Å². The second-order valence-electron chi connectivity index (χ2n) is 15.7. The van der Waals surface area contributed by atoms with Gasteiger partial charge in [-0.2, -0.15) is 0 Å². The number of anilines is 1. The van der Waals surface area contributed by atoms with Crippen molar-refractivity contribution in [3.8, 4) is 0 Å². The summed E-state index contributed by atoms with van der Waals surface area (Å²) in [5.74, 6) is -2.34. The largest absolute Gasteiger partial charge is 0.444 e. The van der Waals surface area contributed by atoms with Crippen molar-refractivity contribution in [2.45, 2.75) is 108 Å². The lowest BCUT2D eigenvalue weighted by Crippen LogP contribution is -2.58. The van der Waals surface area contributed by atoms with Crippen LogP contribution in [-0.4, -0.2) is 82.5 Å². The van der Waals surface area contributed by atoms with E-state index in [-0.39, 0.29) is 25.3 Å². The molecule has 0 spiro atoms. The molecule has 0 radical (unpaired) electrons. The summed E-state index contributed by atoms with van der Waals surface area (Å²) in [7, 11) is -3.88. The maximum Gasteiger partial charge on any atom is 0.410 e. The van der Waals surface area contributed by atoms with E-state index in [2.05, 4.69) is 34.1 Å². The summed E-state index contributed by atoms with van der Waals surface area (Å²) in [5.41, 5.74) is 1.91. The zero-order chi connectivity index (χ0) is 37.0. The molecular formula is C37H46N6O7S2. The lowest BCUT2D eigenvalue weighted by molar-refractivity contribution is -0.141. The number of carbonyl (C=O) groups is 4. The summed E-state index contributed by atoms with van der Waals surface area (Å²) in [6, 6.07) is 4.10. The third-order valence-electron chi connectivity index (χ3n) is 10.7. The summed E-state index contributed by atoms with van der Waals surface area (Å²) in [6.45, 7) is 10.2. The molecule has 5 atom stereocenters. The van der Waals surface area contributed by atoms with Crippen molar-refractivity contribution in [3.63, 3.8) is 0 Å². The fraction of sp³-hybridized carbons (Fsp3) is 0.541. The summed E-state index contributed by atoms with van der Waals surface area (Å²) < 4.78 is 33.6. The topological polar surface area (TPSA) is 167 Å². The van der Waals surface area contributed by atoms with Crippen LogP contribution in [0.1, 0.15) is 81.7 Å². The number of thiazole rings is 1. The first-order valence-electron chi connectivity index (χ1n) is 17.9. The molecule has 2 aromatic rings. The van der Waals surface area contributed by atoms with E-state index in [9.17, 15) is 27.6 Å². The van der Waals surface area contributed by atoms with E-state index in [1.807, 2.05) is 44.4 Å². The number of nitrogens with zero attached hydrogens (tertiary/aromatic N) is 3. The molecular weight excluding hydrogens is 705 g/mol. The summed E-state index contributed by atoms with van der Waals surface area (Å²) >= 11 is 1.41. The Morgan fingerprint density at radius 1 is 1.19 bits per heavy atom. The predicted octanol–water partition coefficient (Wildman–Crippen LogP) is 4.11. The first-order valence-corrected chi connectivity index (χ1v) is 20.4. The normalized spacial score (nSPS) is 28.4. The molecule has 7 rings (SSSR count). The van der Waals surface area contributed by atoms with Crippen LogP contribution in [0.15, 0.2) is 42.3 Å². The van der Waals surface area contributed by atoms with E-state index in [0.29, 0.717) is 31.1 Å². The zero-order valence-electron chi connectivity index (χ0n) is 29.7. The maximum absolute atomic E-state index is 14.6. The molecule has 2 aliphatic carbocycles. The second-order valence-corrected chi connectivity index (χ2v) is 18.5. The molecule has 0 unspecified atom stereocenters. The first-order chi connectivity index (χ1) is 24.7. The van der Waals surface area contributed by atoms with E-state index in [4.69, 9.17) is 9.72 Å². The Kier molecular flexibility index (Phi) is 9.47. The molecule has 5 aliphatic rings. The molecule has 3 N–H and O–H groups in total. The van der Waals surface area contributed by atoms with Crippen molar-refractivity contribution in [1.82, 2.24) is 24.8 Å². The molecule has 278 valence electrons.